The number of carbonyl (C=O) groups excluding carboxylic acids is 1. The van der Waals surface area contributed by atoms with Crippen LogP contribution in [0.4, 0.5) is 5.69 Å². The minimum absolute atomic E-state index is 0.0444. The van der Waals surface area contributed by atoms with Gasteiger partial charge >= 0.3 is 11.2 Å². The van der Waals surface area contributed by atoms with E-state index in [-0.39, 0.29) is 29.3 Å². The van der Waals surface area contributed by atoms with Crippen LogP contribution >= 0.6 is 0 Å². The number of nitro groups is 1. The lowest BCUT2D eigenvalue weighted by Gasteiger charge is -2.44. The van der Waals surface area contributed by atoms with E-state index in [4.69, 9.17) is 0 Å². The first-order chi connectivity index (χ1) is 15.0. The first-order valence-electron chi connectivity index (χ1n) is 10.9. The van der Waals surface area contributed by atoms with E-state index in [1.807, 2.05) is 4.90 Å². The van der Waals surface area contributed by atoms with Gasteiger partial charge in [0.05, 0.1) is 4.92 Å². The van der Waals surface area contributed by atoms with Crippen LogP contribution in [-0.2, 0) is 17.9 Å². The van der Waals surface area contributed by atoms with Crippen molar-refractivity contribution in [2.75, 3.05) is 13.1 Å². The zero-order valence-electron chi connectivity index (χ0n) is 17.2. The third-order valence-electron chi connectivity index (χ3n) is 7.13. The predicted molar refractivity (Wildman–Crippen MR) is 108 cm³/mol. The van der Waals surface area contributed by atoms with Gasteiger partial charge in [0, 0.05) is 49.8 Å². The summed E-state index contributed by atoms with van der Waals surface area (Å²) in [6.07, 6.45) is 6.26. The Morgan fingerprint density at radius 2 is 1.97 bits per heavy atom. The Balaban J connectivity index is 1.24. The van der Waals surface area contributed by atoms with E-state index < -0.39 is 10.5 Å². The van der Waals surface area contributed by atoms with Gasteiger partial charge in [0.15, 0.2) is 0 Å². The average molecular weight is 427 g/mol. The summed E-state index contributed by atoms with van der Waals surface area (Å²) in [7, 11) is 0. The van der Waals surface area contributed by atoms with Gasteiger partial charge in [-0.05, 0) is 60.4 Å². The monoisotopic (exact) mass is 427 g/mol. The molecule has 2 aromatic heterocycles. The second-order valence-corrected chi connectivity index (χ2v) is 9.11. The molecule has 31 heavy (non-hydrogen) atoms. The predicted octanol–water partition coefficient (Wildman–Crippen LogP) is 1.20. The zero-order valence-corrected chi connectivity index (χ0v) is 17.2. The number of tetrazole rings is 1. The van der Waals surface area contributed by atoms with Crippen LogP contribution in [0.5, 0.6) is 0 Å². The normalized spacial score (nSPS) is 27.5. The number of pyridine rings is 1. The summed E-state index contributed by atoms with van der Waals surface area (Å²) in [4.78, 5) is 38.2. The molecule has 2 atom stereocenters. The minimum Gasteiger partial charge on any atom is -0.341 e. The Kier molecular flexibility index (Phi) is 5.03. The highest BCUT2D eigenvalue weighted by Gasteiger charge is 2.39. The Hall–Kier alpha value is -3.11. The topological polar surface area (TPSA) is 129 Å². The summed E-state index contributed by atoms with van der Waals surface area (Å²) in [5.41, 5.74) is -0.0949. The van der Waals surface area contributed by atoms with Crippen molar-refractivity contribution in [1.82, 2.24) is 29.7 Å². The van der Waals surface area contributed by atoms with Crippen LogP contribution in [-0.4, -0.2) is 53.6 Å². The van der Waals surface area contributed by atoms with Gasteiger partial charge in [-0.3, -0.25) is 19.7 Å². The van der Waals surface area contributed by atoms with E-state index in [0.717, 1.165) is 44.3 Å². The molecule has 1 aliphatic carbocycles. The van der Waals surface area contributed by atoms with Crippen molar-refractivity contribution in [1.29, 1.82) is 0 Å². The number of hydrogen-bond acceptors (Lipinski definition) is 7. The lowest BCUT2D eigenvalue weighted by molar-refractivity contribution is -0.386. The van der Waals surface area contributed by atoms with Gasteiger partial charge in [-0.1, -0.05) is 0 Å². The molecule has 1 saturated heterocycles. The van der Waals surface area contributed by atoms with Gasteiger partial charge in [-0.2, -0.15) is 0 Å². The molecule has 11 heteroatoms. The van der Waals surface area contributed by atoms with E-state index in [1.165, 1.54) is 6.07 Å². The summed E-state index contributed by atoms with van der Waals surface area (Å²) < 4.78 is 3.31. The van der Waals surface area contributed by atoms with E-state index >= 15 is 0 Å². The van der Waals surface area contributed by atoms with E-state index in [2.05, 4.69) is 15.5 Å². The van der Waals surface area contributed by atoms with Gasteiger partial charge in [-0.25, -0.2) is 4.68 Å². The molecule has 0 aromatic carbocycles. The molecule has 164 valence electrons. The summed E-state index contributed by atoms with van der Waals surface area (Å²) in [6, 6.07) is 3.00. The SMILES string of the molecule is O=C(C1CCC(Cn2cnnn2)CC1)N1C[C@H]2C[C@@H](C1)c1ccc([N+](=O)[O-])c(=O)n1C2. The second-order valence-electron chi connectivity index (χ2n) is 9.11. The third kappa shape index (κ3) is 3.72. The molecule has 1 amide bonds. The maximum atomic E-state index is 13.3. The lowest BCUT2D eigenvalue weighted by Crippen LogP contribution is -2.51. The number of fused-ring (bicyclic) bond motifs is 4. The Labute approximate surface area is 178 Å². The summed E-state index contributed by atoms with van der Waals surface area (Å²) in [5.74, 6) is 0.964. The third-order valence-corrected chi connectivity index (χ3v) is 7.13. The van der Waals surface area contributed by atoms with Crippen LogP contribution < -0.4 is 5.56 Å². The van der Waals surface area contributed by atoms with Crippen molar-refractivity contribution in [3.05, 3.63) is 44.6 Å². The van der Waals surface area contributed by atoms with Crippen LogP contribution in [0.3, 0.4) is 0 Å². The van der Waals surface area contributed by atoms with Crippen molar-refractivity contribution in [3.63, 3.8) is 0 Å². The first kappa shape index (κ1) is 19.8. The highest BCUT2D eigenvalue weighted by molar-refractivity contribution is 5.79. The van der Waals surface area contributed by atoms with Crippen LogP contribution in [0.15, 0.2) is 23.3 Å². The lowest BCUT2D eigenvalue weighted by atomic mass is 9.79. The summed E-state index contributed by atoms with van der Waals surface area (Å²) >= 11 is 0. The molecule has 2 fully saturated rings. The number of aromatic nitrogens is 5. The van der Waals surface area contributed by atoms with Crippen molar-refractivity contribution in [2.24, 2.45) is 17.8 Å². The van der Waals surface area contributed by atoms with Crippen molar-refractivity contribution in [3.8, 4) is 0 Å². The van der Waals surface area contributed by atoms with Gasteiger partial charge in [0.1, 0.15) is 6.33 Å². The molecule has 11 nitrogen and oxygen atoms in total. The molecule has 1 saturated carbocycles. The molecule has 2 bridgehead atoms. The van der Waals surface area contributed by atoms with Gasteiger partial charge < -0.3 is 9.47 Å². The van der Waals surface area contributed by atoms with Crippen molar-refractivity contribution >= 4 is 11.6 Å². The standard InChI is InChI=1S/C20H25N7O4/c28-19(15-3-1-13(2-4-15)9-25-12-21-22-23-25)24-8-14-7-16(11-24)17-5-6-18(27(30)31)20(29)26(17)10-14/h5-6,12-16H,1-4,7-11H2/t13?,14-,15?,16+/m1/s1. The fourth-order valence-electron chi connectivity index (χ4n) is 5.63. The van der Waals surface area contributed by atoms with Gasteiger partial charge in [-0.15, -0.1) is 5.10 Å². The van der Waals surface area contributed by atoms with Crippen LogP contribution in [0.25, 0.3) is 0 Å². The number of carbonyl (C=O) groups is 1. The summed E-state index contributed by atoms with van der Waals surface area (Å²) in [5, 5.41) is 22.4. The van der Waals surface area contributed by atoms with Crippen LogP contribution in [0.1, 0.15) is 43.7 Å². The fourth-order valence-corrected chi connectivity index (χ4v) is 5.63. The van der Waals surface area contributed by atoms with Crippen molar-refractivity contribution in [2.45, 2.75) is 51.1 Å². The quantitative estimate of drug-likeness (QED) is 0.529. The Morgan fingerprint density at radius 1 is 1.16 bits per heavy atom. The Bertz CT molecular complexity index is 1040. The molecule has 0 N–H and O–H groups in total. The zero-order chi connectivity index (χ0) is 21.5. The number of piperidine rings is 1. The summed E-state index contributed by atoms with van der Waals surface area (Å²) in [6.45, 7) is 2.43. The molecule has 0 spiro atoms. The minimum atomic E-state index is -0.619. The molecule has 5 rings (SSSR count). The molecular formula is C20H25N7O4. The average Bonchev–Trinajstić information content (AvgIpc) is 3.27. The van der Waals surface area contributed by atoms with Crippen LogP contribution in [0.2, 0.25) is 0 Å². The maximum Gasteiger partial charge on any atom is 0.334 e. The number of likely N-dealkylation sites (tertiary alicyclic amines) is 1. The first-order valence-corrected chi connectivity index (χ1v) is 10.9. The molecule has 2 aliphatic heterocycles. The Morgan fingerprint density at radius 3 is 2.68 bits per heavy atom. The largest absolute Gasteiger partial charge is 0.341 e. The molecule has 0 radical (unpaired) electrons. The van der Waals surface area contributed by atoms with E-state index in [0.29, 0.717) is 25.6 Å². The number of nitrogens with zero attached hydrogens (tertiary/aromatic N) is 7. The van der Waals surface area contributed by atoms with E-state index in [9.17, 15) is 19.7 Å². The maximum absolute atomic E-state index is 13.3. The highest BCUT2D eigenvalue weighted by atomic mass is 16.6. The van der Waals surface area contributed by atoms with Crippen molar-refractivity contribution < 1.29 is 9.72 Å². The number of rotatable bonds is 4. The molecule has 3 aliphatic rings. The fraction of sp³-hybridized carbons (Fsp3) is 0.650. The van der Waals surface area contributed by atoms with Crippen LogP contribution in [0, 0.1) is 27.9 Å². The second kappa shape index (κ2) is 7.86. The van der Waals surface area contributed by atoms with E-state index in [1.54, 1.807) is 21.6 Å². The molecule has 2 aromatic rings. The molecule has 0 unspecified atom stereocenters. The van der Waals surface area contributed by atoms with Gasteiger partial charge in [0.25, 0.3) is 0 Å². The van der Waals surface area contributed by atoms with Gasteiger partial charge in [0.2, 0.25) is 5.91 Å². The highest BCUT2D eigenvalue weighted by Crippen LogP contribution is 2.38. The number of hydrogen-bond donors (Lipinski definition) is 0. The molecule has 4 heterocycles. The smallest absolute Gasteiger partial charge is 0.334 e. The molecular weight excluding hydrogens is 402 g/mol. The number of amides is 1.